The topological polar surface area (TPSA) is 41.1 Å². The molecule has 0 radical (unpaired) electrons. The van der Waals surface area contributed by atoms with Gasteiger partial charge in [-0.05, 0) is 59.9 Å². The highest BCUT2D eigenvalue weighted by Gasteiger charge is 2.14. The van der Waals surface area contributed by atoms with Crippen LogP contribution >= 0.6 is 27.5 Å². The predicted molar refractivity (Wildman–Crippen MR) is 77.1 cm³/mol. The largest absolute Gasteiger partial charge is 0.352 e. The van der Waals surface area contributed by atoms with Gasteiger partial charge in [0.15, 0.2) is 0 Å². The Morgan fingerprint density at radius 1 is 1.56 bits per heavy atom. The zero-order valence-electron chi connectivity index (χ0n) is 10.0. The Bertz CT molecular complexity index is 433. The summed E-state index contributed by atoms with van der Waals surface area (Å²) in [4.78, 5) is 11.9. The molecule has 2 N–H and O–H groups in total. The summed E-state index contributed by atoms with van der Waals surface area (Å²) in [5.41, 5.74) is 0.630. The van der Waals surface area contributed by atoms with Crippen LogP contribution in [0.3, 0.4) is 0 Å². The molecule has 0 aromatic heterocycles. The van der Waals surface area contributed by atoms with Crippen LogP contribution in [0, 0.1) is 0 Å². The molecule has 0 aliphatic carbocycles. The average Bonchev–Trinajstić information content (AvgIpc) is 2.85. The van der Waals surface area contributed by atoms with E-state index in [1.165, 1.54) is 12.8 Å². The number of hydrogen-bond acceptors (Lipinski definition) is 2. The Morgan fingerprint density at radius 3 is 3.06 bits per heavy atom. The molecule has 0 saturated carbocycles. The van der Waals surface area contributed by atoms with Crippen LogP contribution in [0.1, 0.15) is 29.6 Å². The fraction of sp³-hybridized carbons (Fsp3) is 0.462. The fourth-order valence-electron chi connectivity index (χ4n) is 2.10. The molecular weight excluding hydrogens is 316 g/mol. The highest BCUT2D eigenvalue weighted by Crippen LogP contribution is 2.23. The molecule has 1 aliphatic heterocycles. The van der Waals surface area contributed by atoms with Gasteiger partial charge in [-0.25, -0.2) is 0 Å². The third-order valence-electron chi connectivity index (χ3n) is 3.12. The molecule has 1 fully saturated rings. The molecule has 3 nitrogen and oxygen atoms in total. The van der Waals surface area contributed by atoms with Gasteiger partial charge in [-0.1, -0.05) is 11.6 Å². The normalized spacial score (nSPS) is 18.9. The highest BCUT2D eigenvalue weighted by molar-refractivity contribution is 9.10. The number of halogens is 2. The summed E-state index contributed by atoms with van der Waals surface area (Å²) in [7, 11) is 0. The number of amides is 1. The lowest BCUT2D eigenvalue weighted by Crippen LogP contribution is -2.30. The molecular formula is C13H16BrClN2O. The lowest BCUT2D eigenvalue weighted by molar-refractivity contribution is 0.0952. The minimum atomic E-state index is -0.0506. The first-order valence-corrected chi connectivity index (χ1v) is 7.30. The van der Waals surface area contributed by atoms with E-state index < -0.39 is 0 Å². The number of carbonyl (C=O) groups excluding carboxylic acids is 1. The molecule has 1 atom stereocenters. The van der Waals surface area contributed by atoms with Crippen LogP contribution in [-0.2, 0) is 0 Å². The minimum Gasteiger partial charge on any atom is -0.352 e. The van der Waals surface area contributed by atoms with Gasteiger partial charge in [0.05, 0.1) is 5.02 Å². The van der Waals surface area contributed by atoms with Crippen LogP contribution < -0.4 is 10.6 Å². The Morgan fingerprint density at radius 2 is 2.39 bits per heavy atom. The van der Waals surface area contributed by atoms with E-state index in [0.717, 1.165) is 17.4 Å². The van der Waals surface area contributed by atoms with Crippen LogP contribution in [-0.4, -0.2) is 25.0 Å². The van der Waals surface area contributed by atoms with Crippen molar-refractivity contribution in [3.8, 4) is 0 Å². The maximum Gasteiger partial charge on any atom is 0.251 e. The van der Waals surface area contributed by atoms with E-state index in [-0.39, 0.29) is 5.91 Å². The van der Waals surface area contributed by atoms with Gasteiger partial charge in [-0.15, -0.1) is 0 Å². The van der Waals surface area contributed by atoms with E-state index >= 15 is 0 Å². The molecule has 1 heterocycles. The van der Waals surface area contributed by atoms with Crippen LogP contribution in [0.4, 0.5) is 0 Å². The van der Waals surface area contributed by atoms with Crippen molar-refractivity contribution < 1.29 is 4.79 Å². The number of nitrogens with one attached hydrogen (secondary N) is 2. The van der Waals surface area contributed by atoms with Crippen LogP contribution in [0.2, 0.25) is 5.02 Å². The molecule has 1 amide bonds. The fourth-order valence-corrected chi connectivity index (χ4v) is 2.60. The summed E-state index contributed by atoms with van der Waals surface area (Å²) < 4.78 is 0.745. The molecule has 98 valence electrons. The van der Waals surface area contributed by atoms with E-state index in [4.69, 9.17) is 11.6 Å². The van der Waals surface area contributed by atoms with Gasteiger partial charge in [0.25, 0.3) is 5.91 Å². The molecule has 1 aromatic rings. The van der Waals surface area contributed by atoms with Gasteiger partial charge < -0.3 is 10.6 Å². The summed E-state index contributed by atoms with van der Waals surface area (Å²) in [6, 6.07) is 5.75. The van der Waals surface area contributed by atoms with Crippen molar-refractivity contribution in [1.29, 1.82) is 0 Å². The van der Waals surface area contributed by atoms with Gasteiger partial charge in [-0.3, -0.25) is 4.79 Å². The van der Waals surface area contributed by atoms with Crippen molar-refractivity contribution in [2.24, 2.45) is 0 Å². The van der Waals surface area contributed by atoms with Crippen LogP contribution in [0.25, 0.3) is 0 Å². The Hall–Kier alpha value is -0.580. The maximum atomic E-state index is 11.9. The van der Waals surface area contributed by atoms with Gasteiger partial charge in [0.1, 0.15) is 0 Å². The molecule has 1 aliphatic rings. The second kappa shape index (κ2) is 6.55. The van der Waals surface area contributed by atoms with Crippen molar-refractivity contribution >= 4 is 33.4 Å². The first-order chi connectivity index (χ1) is 8.66. The molecule has 2 rings (SSSR count). The van der Waals surface area contributed by atoms with E-state index in [1.807, 2.05) is 0 Å². The first kappa shape index (κ1) is 13.8. The lowest BCUT2D eigenvalue weighted by Gasteiger charge is -2.11. The standard InChI is InChI=1S/C13H16BrClN2O/c14-11-8-9(3-4-12(11)15)13(18)17-7-5-10-2-1-6-16-10/h3-4,8,10,16H,1-2,5-7H2,(H,17,18). The summed E-state index contributed by atoms with van der Waals surface area (Å²) in [6.45, 7) is 1.81. The highest BCUT2D eigenvalue weighted by atomic mass is 79.9. The summed E-state index contributed by atoms with van der Waals surface area (Å²) in [5.74, 6) is -0.0506. The minimum absolute atomic E-state index is 0.0506. The van der Waals surface area contributed by atoms with Crippen molar-refractivity contribution in [1.82, 2.24) is 10.6 Å². The number of benzene rings is 1. The predicted octanol–water partition coefficient (Wildman–Crippen LogP) is 2.97. The second-order valence-corrected chi connectivity index (χ2v) is 5.73. The lowest BCUT2D eigenvalue weighted by atomic mass is 10.1. The Kier molecular flexibility index (Phi) is 5.03. The van der Waals surface area contributed by atoms with Crippen molar-refractivity contribution in [3.63, 3.8) is 0 Å². The van der Waals surface area contributed by atoms with Crippen LogP contribution in [0.15, 0.2) is 22.7 Å². The Balaban J connectivity index is 1.81. The van der Waals surface area contributed by atoms with Crippen molar-refractivity contribution in [2.45, 2.75) is 25.3 Å². The molecule has 18 heavy (non-hydrogen) atoms. The van der Waals surface area contributed by atoms with Gasteiger partial charge in [-0.2, -0.15) is 0 Å². The number of hydrogen-bond donors (Lipinski definition) is 2. The first-order valence-electron chi connectivity index (χ1n) is 6.13. The third-order valence-corrected chi connectivity index (χ3v) is 4.34. The summed E-state index contributed by atoms with van der Waals surface area (Å²) >= 11 is 9.20. The van der Waals surface area contributed by atoms with Gasteiger partial charge in [0.2, 0.25) is 0 Å². The molecule has 1 saturated heterocycles. The second-order valence-electron chi connectivity index (χ2n) is 4.47. The zero-order chi connectivity index (χ0) is 13.0. The SMILES string of the molecule is O=C(NCCC1CCCN1)c1ccc(Cl)c(Br)c1. The average molecular weight is 332 g/mol. The summed E-state index contributed by atoms with van der Waals surface area (Å²) in [5, 5.41) is 6.95. The van der Waals surface area contributed by atoms with E-state index in [1.54, 1.807) is 18.2 Å². The number of rotatable bonds is 4. The van der Waals surface area contributed by atoms with E-state index in [2.05, 4.69) is 26.6 Å². The van der Waals surface area contributed by atoms with Crippen LogP contribution in [0.5, 0.6) is 0 Å². The van der Waals surface area contributed by atoms with Gasteiger partial charge in [0, 0.05) is 22.6 Å². The van der Waals surface area contributed by atoms with Crippen molar-refractivity contribution in [2.75, 3.05) is 13.1 Å². The molecule has 0 bridgehead atoms. The zero-order valence-corrected chi connectivity index (χ0v) is 12.4. The quantitative estimate of drug-likeness (QED) is 0.890. The van der Waals surface area contributed by atoms with Gasteiger partial charge >= 0.3 is 0 Å². The molecule has 1 aromatic carbocycles. The number of carbonyl (C=O) groups is 1. The molecule has 5 heteroatoms. The smallest absolute Gasteiger partial charge is 0.251 e. The van der Waals surface area contributed by atoms with E-state index in [0.29, 0.717) is 23.2 Å². The Labute approximate surface area is 120 Å². The third kappa shape index (κ3) is 3.70. The van der Waals surface area contributed by atoms with Crippen molar-refractivity contribution in [3.05, 3.63) is 33.3 Å². The monoisotopic (exact) mass is 330 g/mol. The molecule has 1 unspecified atom stereocenters. The summed E-state index contributed by atoms with van der Waals surface area (Å²) in [6.07, 6.45) is 3.44. The molecule has 0 spiro atoms. The van der Waals surface area contributed by atoms with E-state index in [9.17, 15) is 4.79 Å². The maximum absolute atomic E-state index is 11.9.